The van der Waals surface area contributed by atoms with E-state index in [0.717, 1.165) is 6.07 Å². The Morgan fingerprint density at radius 1 is 1.47 bits per heavy atom. The average Bonchev–Trinajstić information content (AvgIpc) is 2.25. The second-order valence-electron chi connectivity index (χ2n) is 2.94. The van der Waals surface area contributed by atoms with Gasteiger partial charge in [0.25, 0.3) is 0 Å². The maximum absolute atomic E-state index is 12.0. The molecule has 1 aromatic heterocycles. The Balaban J connectivity index is 3.18. The molecule has 0 aliphatic rings. The van der Waals surface area contributed by atoms with Crippen molar-refractivity contribution in [2.75, 3.05) is 7.11 Å². The van der Waals surface area contributed by atoms with Gasteiger partial charge in [0, 0.05) is 17.0 Å². The quantitative estimate of drug-likeness (QED) is 0.867. The Morgan fingerprint density at radius 3 is 2.53 bits per heavy atom. The van der Waals surface area contributed by atoms with E-state index in [1.807, 2.05) is 0 Å². The van der Waals surface area contributed by atoms with Crippen LogP contribution in [0.4, 0.5) is 13.2 Å². The molecule has 1 heterocycles. The smallest absolute Gasteiger partial charge is 0.494 e. The molecule has 17 heavy (non-hydrogen) atoms. The summed E-state index contributed by atoms with van der Waals surface area (Å²) >= 11 is 3.10. The number of alkyl halides is 4. The third-order valence-corrected chi connectivity index (χ3v) is 2.42. The second-order valence-corrected chi connectivity index (χ2v) is 3.50. The van der Waals surface area contributed by atoms with Crippen LogP contribution in [0.5, 0.6) is 11.6 Å². The molecule has 0 saturated heterocycles. The number of halogens is 4. The first kappa shape index (κ1) is 14.0. The fourth-order valence-electron chi connectivity index (χ4n) is 1.24. The zero-order chi connectivity index (χ0) is 13.1. The molecule has 0 aromatic carbocycles. The maximum atomic E-state index is 12.0. The van der Waals surface area contributed by atoms with Gasteiger partial charge < -0.3 is 14.6 Å². The molecule has 96 valence electrons. The molecular weight excluding hydrogens is 307 g/mol. The molecule has 0 amide bonds. The number of nitrogens with zero attached hydrogens (tertiary/aromatic N) is 1. The van der Waals surface area contributed by atoms with Crippen LogP contribution in [0.15, 0.2) is 6.07 Å². The van der Waals surface area contributed by atoms with Crippen molar-refractivity contribution in [3.63, 3.8) is 0 Å². The van der Waals surface area contributed by atoms with Crippen molar-refractivity contribution < 1.29 is 27.8 Å². The highest BCUT2D eigenvalue weighted by Gasteiger charge is 2.32. The Bertz CT molecular complexity index is 373. The largest absolute Gasteiger partial charge is 0.574 e. The van der Waals surface area contributed by atoms with Gasteiger partial charge in [-0.25, -0.2) is 4.98 Å². The van der Waals surface area contributed by atoms with Gasteiger partial charge in [-0.05, 0) is 0 Å². The molecule has 4 nitrogen and oxygen atoms in total. The lowest BCUT2D eigenvalue weighted by molar-refractivity contribution is -0.276. The Hall–Kier alpha value is -1.02. The summed E-state index contributed by atoms with van der Waals surface area (Å²) in [6.45, 7) is -0.543. The minimum atomic E-state index is -4.82. The van der Waals surface area contributed by atoms with E-state index < -0.39 is 18.8 Å². The first-order valence-electron chi connectivity index (χ1n) is 4.40. The van der Waals surface area contributed by atoms with Crippen LogP contribution >= 0.6 is 15.9 Å². The van der Waals surface area contributed by atoms with E-state index >= 15 is 0 Å². The first-order valence-corrected chi connectivity index (χ1v) is 5.52. The Kier molecular flexibility index (Phi) is 4.58. The fourth-order valence-corrected chi connectivity index (χ4v) is 1.66. The van der Waals surface area contributed by atoms with E-state index in [9.17, 15) is 13.2 Å². The number of hydrogen-bond acceptors (Lipinski definition) is 4. The van der Waals surface area contributed by atoms with E-state index in [0.29, 0.717) is 5.56 Å². The van der Waals surface area contributed by atoms with Gasteiger partial charge in [0.2, 0.25) is 5.88 Å². The average molecular weight is 316 g/mol. The number of aromatic nitrogens is 1. The number of rotatable bonds is 4. The molecule has 8 heteroatoms. The molecule has 0 unspecified atom stereocenters. The van der Waals surface area contributed by atoms with E-state index in [2.05, 4.69) is 25.7 Å². The van der Waals surface area contributed by atoms with E-state index in [1.165, 1.54) is 7.11 Å². The van der Waals surface area contributed by atoms with Crippen LogP contribution in [-0.4, -0.2) is 23.6 Å². The summed E-state index contributed by atoms with van der Waals surface area (Å²) in [4.78, 5) is 3.52. The first-order chi connectivity index (χ1) is 7.91. The van der Waals surface area contributed by atoms with Crippen molar-refractivity contribution in [3.05, 3.63) is 17.3 Å². The van der Waals surface area contributed by atoms with Gasteiger partial charge in [0.1, 0.15) is 11.4 Å². The number of aliphatic hydroxyl groups is 1. The van der Waals surface area contributed by atoms with E-state index in [-0.39, 0.29) is 16.8 Å². The monoisotopic (exact) mass is 315 g/mol. The minimum Gasteiger partial charge on any atom is -0.494 e. The van der Waals surface area contributed by atoms with E-state index in [1.54, 1.807) is 0 Å². The molecule has 1 rings (SSSR count). The van der Waals surface area contributed by atoms with Gasteiger partial charge in [-0.3, -0.25) is 0 Å². The van der Waals surface area contributed by atoms with Crippen LogP contribution in [0, 0.1) is 0 Å². The molecule has 0 saturated carbocycles. The van der Waals surface area contributed by atoms with Crippen LogP contribution in [0.3, 0.4) is 0 Å². The second kappa shape index (κ2) is 5.54. The SMILES string of the molecule is COc1c(CBr)cc(OC(F)(F)F)nc1CO. The number of pyridine rings is 1. The molecule has 0 radical (unpaired) electrons. The van der Waals surface area contributed by atoms with Crippen molar-refractivity contribution in [1.29, 1.82) is 0 Å². The highest BCUT2D eigenvalue weighted by molar-refractivity contribution is 9.08. The fraction of sp³-hybridized carbons (Fsp3) is 0.444. The van der Waals surface area contributed by atoms with Gasteiger partial charge in [0.15, 0.2) is 0 Å². The maximum Gasteiger partial charge on any atom is 0.574 e. The van der Waals surface area contributed by atoms with Crippen molar-refractivity contribution in [3.8, 4) is 11.6 Å². The summed E-state index contributed by atoms with van der Waals surface area (Å²) in [5, 5.41) is 9.25. The highest BCUT2D eigenvalue weighted by Crippen LogP contribution is 2.30. The highest BCUT2D eigenvalue weighted by atomic mass is 79.9. The van der Waals surface area contributed by atoms with Gasteiger partial charge in [-0.2, -0.15) is 0 Å². The normalized spacial score (nSPS) is 11.4. The van der Waals surface area contributed by atoms with Crippen molar-refractivity contribution in [2.45, 2.75) is 18.3 Å². The van der Waals surface area contributed by atoms with Gasteiger partial charge in [0.05, 0.1) is 13.7 Å². The summed E-state index contributed by atoms with van der Waals surface area (Å²) in [7, 11) is 1.34. The lowest BCUT2D eigenvalue weighted by Crippen LogP contribution is -2.18. The van der Waals surface area contributed by atoms with Crippen LogP contribution in [-0.2, 0) is 11.9 Å². The van der Waals surface area contributed by atoms with Crippen molar-refractivity contribution in [1.82, 2.24) is 4.98 Å². The molecule has 0 atom stereocenters. The Labute approximate surface area is 103 Å². The molecule has 0 fully saturated rings. The van der Waals surface area contributed by atoms with Crippen molar-refractivity contribution in [2.24, 2.45) is 0 Å². The van der Waals surface area contributed by atoms with Crippen LogP contribution in [0.2, 0.25) is 0 Å². The number of hydrogen-bond donors (Lipinski definition) is 1. The number of aliphatic hydroxyl groups excluding tert-OH is 1. The summed E-state index contributed by atoms with van der Waals surface area (Å²) in [5.41, 5.74) is 0.398. The lowest BCUT2D eigenvalue weighted by atomic mass is 10.2. The van der Waals surface area contributed by atoms with Crippen molar-refractivity contribution >= 4 is 15.9 Å². The van der Waals surface area contributed by atoms with Gasteiger partial charge >= 0.3 is 6.36 Å². The molecule has 0 aliphatic carbocycles. The summed E-state index contributed by atoms with van der Waals surface area (Å²) in [6.07, 6.45) is -4.82. The summed E-state index contributed by atoms with van der Waals surface area (Å²) in [6, 6.07) is 1.10. The summed E-state index contributed by atoms with van der Waals surface area (Å²) in [5.74, 6) is -0.393. The third-order valence-electron chi connectivity index (χ3n) is 1.81. The zero-order valence-electron chi connectivity index (χ0n) is 8.71. The zero-order valence-corrected chi connectivity index (χ0v) is 10.3. The molecule has 1 aromatic rings. The number of methoxy groups -OCH3 is 1. The Morgan fingerprint density at radius 2 is 2.12 bits per heavy atom. The molecule has 0 bridgehead atoms. The van der Waals surface area contributed by atoms with Crippen LogP contribution < -0.4 is 9.47 Å². The summed E-state index contributed by atoms with van der Waals surface area (Å²) < 4.78 is 44.7. The van der Waals surface area contributed by atoms with Gasteiger partial charge in [-0.1, -0.05) is 15.9 Å². The van der Waals surface area contributed by atoms with Crippen LogP contribution in [0.25, 0.3) is 0 Å². The molecule has 1 N–H and O–H groups in total. The lowest BCUT2D eigenvalue weighted by Gasteiger charge is -2.14. The predicted octanol–water partition coefficient (Wildman–Crippen LogP) is 2.38. The molecular formula is C9H9BrF3NO3. The standard InChI is InChI=1S/C9H9BrF3NO3/c1-16-8-5(3-10)2-7(14-6(8)4-15)17-9(11,12)13/h2,15H,3-4H2,1H3. The van der Waals surface area contributed by atoms with Crippen LogP contribution in [0.1, 0.15) is 11.3 Å². The molecule has 0 spiro atoms. The van der Waals surface area contributed by atoms with E-state index in [4.69, 9.17) is 9.84 Å². The number of ether oxygens (including phenoxy) is 2. The molecule has 0 aliphatic heterocycles. The minimum absolute atomic E-state index is 0.0105. The predicted molar refractivity (Wildman–Crippen MR) is 56.0 cm³/mol. The third kappa shape index (κ3) is 3.74. The van der Waals surface area contributed by atoms with Gasteiger partial charge in [-0.15, -0.1) is 13.2 Å². The topological polar surface area (TPSA) is 51.6 Å².